The van der Waals surface area contributed by atoms with Crippen molar-refractivity contribution in [2.24, 2.45) is 0 Å². The highest BCUT2D eigenvalue weighted by Gasteiger charge is 2.06. The van der Waals surface area contributed by atoms with Gasteiger partial charge in [0.1, 0.15) is 29.8 Å². The Kier molecular flexibility index (Phi) is 3.02. The number of anilines is 3. The second-order valence-electron chi connectivity index (χ2n) is 4.09. The van der Waals surface area contributed by atoms with Crippen molar-refractivity contribution in [2.45, 2.75) is 6.92 Å². The molecule has 0 bridgehead atoms. The zero-order valence-corrected chi connectivity index (χ0v) is 10.6. The number of benzene rings is 1. The lowest BCUT2D eigenvalue weighted by Crippen LogP contribution is -2.01. The summed E-state index contributed by atoms with van der Waals surface area (Å²) in [5.41, 5.74) is 1.75. The molecule has 0 saturated heterocycles. The van der Waals surface area contributed by atoms with Crippen molar-refractivity contribution in [3.05, 3.63) is 42.9 Å². The molecule has 0 radical (unpaired) electrons. The molecule has 5 nitrogen and oxygen atoms in total. The minimum absolute atomic E-state index is 0.734. The lowest BCUT2D eigenvalue weighted by molar-refractivity contribution is 0.617. The molecule has 96 valence electrons. The molecule has 0 aliphatic rings. The molecule has 0 aliphatic carbocycles. The van der Waals surface area contributed by atoms with Crippen LogP contribution in [0.2, 0.25) is 0 Å². The van der Waals surface area contributed by atoms with Crippen LogP contribution in [0.5, 0.6) is 0 Å². The van der Waals surface area contributed by atoms with Gasteiger partial charge in [-0.2, -0.15) is 0 Å². The largest absolute Gasteiger partial charge is 0.462 e. The summed E-state index contributed by atoms with van der Waals surface area (Å²) in [4.78, 5) is 8.33. The lowest BCUT2D eigenvalue weighted by Gasteiger charge is -2.05. The number of fused-ring (bicyclic) bond motifs is 1. The van der Waals surface area contributed by atoms with Crippen LogP contribution in [-0.4, -0.2) is 16.5 Å². The third kappa shape index (κ3) is 2.35. The number of aromatic nitrogens is 2. The van der Waals surface area contributed by atoms with Crippen LogP contribution in [0.3, 0.4) is 0 Å². The highest BCUT2D eigenvalue weighted by atomic mass is 16.3. The highest BCUT2D eigenvalue weighted by molar-refractivity contribution is 5.92. The zero-order chi connectivity index (χ0) is 13.1. The first-order valence-corrected chi connectivity index (χ1v) is 6.16. The summed E-state index contributed by atoms with van der Waals surface area (Å²) in [5.74, 6) is 1.53. The Labute approximate surface area is 110 Å². The van der Waals surface area contributed by atoms with E-state index in [1.165, 1.54) is 6.33 Å². The van der Waals surface area contributed by atoms with Gasteiger partial charge in [0.05, 0.1) is 5.69 Å². The molecule has 0 saturated carbocycles. The smallest absolute Gasteiger partial charge is 0.136 e. The van der Waals surface area contributed by atoms with E-state index in [-0.39, 0.29) is 0 Å². The average Bonchev–Trinajstić information content (AvgIpc) is 2.83. The van der Waals surface area contributed by atoms with Crippen LogP contribution >= 0.6 is 0 Å². The number of furan rings is 1. The molecule has 5 heteroatoms. The minimum atomic E-state index is 0.734. The Morgan fingerprint density at radius 2 is 2.00 bits per heavy atom. The summed E-state index contributed by atoms with van der Waals surface area (Å²) in [7, 11) is 0. The Balaban J connectivity index is 1.90. The van der Waals surface area contributed by atoms with Gasteiger partial charge in [-0.25, -0.2) is 9.97 Å². The fraction of sp³-hybridized carbons (Fsp3) is 0.143. The highest BCUT2D eigenvalue weighted by Crippen LogP contribution is 2.27. The summed E-state index contributed by atoms with van der Waals surface area (Å²) in [6.07, 6.45) is 3.22. The van der Waals surface area contributed by atoms with Crippen molar-refractivity contribution in [1.29, 1.82) is 0 Å². The molecule has 3 rings (SSSR count). The fourth-order valence-electron chi connectivity index (χ4n) is 1.92. The van der Waals surface area contributed by atoms with Crippen LogP contribution in [0, 0.1) is 0 Å². The summed E-state index contributed by atoms with van der Waals surface area (Å²) in [6, 6.07) is 9.74. The third-order valence-corrected chi connectivity index (χ3v) is 2.77. The van der Waals surface area contributed by atoms with E-state index < -0.39 is 0 Å². The molecule has 1 aromatic carbocycles. The number of para-hydroxylation sites is 1. The van der Waals surface area contributed by atoms with Gasteiger partial charge in [0.2, 0.25) is 0 Å². The maximum absolute atomic E-state index is 5.48. The van der Waals surface area contributed by atoms with Crippen LogP contribution in [-0.2, 0) is 0 Å². The maximum atomic E-state index is 5.48. The average molecular weight is 254 g/mol. The second-order valence-corrected chi connectivity index (χ2v) is 4.09. The number of hydrogen-bond acceptors (Lipinski definition) is 5. The topological polar surface area (TPSA) is 63.0 Å². The van der Waals surface area contributed by atoms with Crippen molar-refractivity contribution < 1.29 is 4.42 Å². The van der Waals surface area contributed by atoms with Crippen LogP contribution in [0.4, 0.5) is 17.3 Å². The van der Waals surface area contributed by atoms with Crippen molar-refractivity contribution >= 4 is 28.3 Å². The quantitative estimate of drug-likeness (QED) is 0.747. The van der Waals surface area contributed by atoms with Gasteiger partial charge in [-0.05, 0) is 19.1 Å². The second kappa shape index (κ2) is 4.97. The monoisotopic (exact) mass is 254 g/mol. The summed E-state index contributed by atoms with van der Waals surface area (Å²) < 4.78 is 5.48. The van der Waals surface area contributed by atoms with E-state index in [9.17, 15) is 0 Å². The Morgan fingerprint density at radius 1 is 1.16 bits per heavy atom. The van der Waals surface area contributed by atoms with E-state index in [0.29, 0.717) is 0 Å². The van der Waals surface area contributed by atoms with Crippen LogP contribution in [0.15, 0.2) is 47.3 Å². The standard InChI is InChI=1S/C14H14N4O/c1-2-15-13-7-14(17-9-16-13)18-11-8-19-12-6-4-3-5-10(11)12/h3-9H,2H2,1H3,(H2,15,16,17,18). The van der Waals surface area contributed by atoms with Crippen molar-refractivity contribution in [3.63, 3.8) is 0 Å². The predicted octanol–water partition coefficient (Wildman–Crippen LogP) is 3.40. The molecular formula is C14H14N4O. The molecule has 0 atom stereocenters. The minimum Gasteiger partial charge on any atom is -0.462 e. The molecule has 3 aromatic rings. The van der Waals surface area contributed by atoms with Gasteiger partial charge in [0, 0.05) is 18.0 Å². The zero-order valence-electron chi connectivity index (χ0n) is 10.6. The first kappa shape index (κ1) is 11.5. The number of nitrogens with zero attached hydrogens (tertiary/aromatic N) is 2. The number of nitrogens with one attached hydrogen (secondary N) is 2. The maximum Gasteiger partial charge on any atom is 0.136 e. The molecule has 0 amide bonds. The molecule has 0 fully saturated rings. The number of rotatable bonds is 4. The predicted molar refractivity (Wildman–Crippen MR) is 75.7 cm³/mol. The SMILES string of the molecule is CCNc1cc(Nc2coc3ccccc23)ncn1. The van der Waals surface area contributed by atoms with Crippen LogP contribution in [0.25, 0.3) is 11.0 Å². The van der Waals surface area contributed by atoms with Gasteiger partial charge >= 0.3 is 0 Å². The normalized spacial score (nSPS) is 10.6. The van der Waals surface area contributed by atoms with Gasteiger partial charge < -0.3 is 15.1 Å². The van der Waals surface area contributed by atoms with Crippen molar-refractivity contribution in [2.75, 3.05) is 17.2 Å². The number of hydrogen-bond donors (Lipinski definition) is 2. The lowest BCUT2D eigenvalue weighted by atomic mass is 10.2. The molecule has 0 spiro atoms. The molecule has 2 N–H and O–H groups in total. The van der Waals surface area contributed by atoms with E-state index in [1.807, 2.05) is 37.3 Å². The van der Waals surface area contributed by atoms with E-state index in [1.54, 1.807) is 6.26 Å². The van der Waals surface area contributed by atoms with Gasteiger partial charge in [0.25, 0.3) is 0 Å². The first-order valence-electron chi connectivity index (χ1n) is 6.16. The molecule has 0 aliphatic heterocycles. The van der Waals surface area contributed by atoms with Crippen molar-refractivity contribution in [3.8, 4) is 0 Å². The third-order valence-electron chi connectivity index (χ3n) is 2.77. The van der Waals surface area contributed by atoms with Gasteiger partial charge in [-0.3, -0.25) is 0 Å². The van der Waals surface area contributed by atoms with E-state index >= 15 is 0 Å². The summed E-state index contributed by atoms with van der Waals surface area (Å²) >= 11 is 0. The van der Waals surface area contributed by atoms with Crippen LogP contribution in [0.1, 0.15) is 6.92 Å². The van der Waals surface area contributed by atoms with Crippen molar-refractivity contribution in [1.82, 2.24) is 9.97 Å². The summed E-state index contributed by atoms with van der Waals surface area (Å²) in [6.45, 7) is 2.85. The van der Waals surface area contributed by atoms with E-state index in [2.05, 4.69) is 20.6 Å². The first-order chi connectivity index (χ1) is 9.36. The molecule has 2 aromatic heterocycles. The van der Waals surface area contributed by atoms with E-state index in [0.717, 1.165) is 34.8 Å². The van der Waals surface area contributed by atoms with Crippen LogP contribution < -0.4 is 10.6 Å². The van der Waals surface area contributed by atoms with Gasteiger partial charge in [-0.15, -0.1) is 0 Å². The molecule has 2 heterocycles. The molecule has 0 unspecified atom stereocenters. The summed E-state index contributed by atoms with van der Waals surface area (Å²) in [5, 5.41) is 7.42. The Hall–Kier alpha value is -2.56. The Morgan fingerprint density at radius 3 is 2.89 bits per heavy atom. The Bertz CT molecular complexity index is 692. The van der Waals surface area contributed by atoms with Gasteiger partial charge in [-0.1, -0.05) is 12.1 Å². The molecular weight excluding hydrogens is 240 g/mol. The van der Waals surface area contributed by atoms with E-state index in [4.69, 9.17) is 4.42 Å². The fourth-order valence-corrected chi connectivity index (χ4v) is 1.92. The molecule has 19 heavy (non-hydrogen) atoms. The van der Waals surface area contributed by atoms with Gasteiger partial charge in [0.15, 0.2) is 0 Å².